The second-order valence-electron chi connectivity index (χ2n) is 10.7. The maximum Gasteiger partial charge on any atom is 0.246 e. The van der Waals surface area contributed by atoms with Gasteiger partial charge in [-0.2, -0.15) is 0 Å². The Bertz CT molecular complexity index is 1210. The number of piperidine rings is 1. The number of likely N-dealkylation sites (N-methyl/N-ethyl adjacent to an activating group) is 2. The van der Waals surface area contributed by atoms with Gasteiger partial charge < -0.3 is 24.7 Å². The van der Waals surface area contributed by atoms with E-state index in [0.717, 1.165) is 29.7 Å². The van der Waals surface area contributed by atoms with Crippen LogP contribution in [0.25, 0.3) is 6.08 Å². The van der Waals surface area contributed by atoms with Gasteiger partial charge in [0.25, 0.3) is 0 Å². The van der Waals surface area contributed by atoms with Crippen LogP contribution in [0.3, 0.4) is 0 Å². The van der Waals surface area contributed by atoms with Gasteiger partial charge in [0.2, 0.25) is 5.91 Å². The molecule has 0 unspecified atom stereocenters. The van der Waals surface area contributed by atoms with Crippen molar-refractivity contribution in [3.05, 3.63) is 64.7 Å². The molecule has 0 aromatic heterocycles. The van der Waals surface area contributed by atoms with Gasteiger partial charge in [-0.05, 0) is 63.0 Å². The number of hydrogen-bond donors (Lipinski definition) is 2. The molecule has 6 nitrogen and oxygen atoms in total. The Labute approximate surface area is 200 Å². The Hall–Kier alpha value is -2.83. The summed E-state index contributed by atoms with van der Waals surface area (Å²) < 4.78 is 6.43. The van der Waals surface area contributed by atoms with Gasteiger partial charge in [0.05, 0.1) is 11.0 Å². The van der Waals surface area contributed by atoms with Crippen LogP contribution in [0.5, 0.6) is 11.5 Å². The molecule has 6 rings (SSSR count). The molecule has 2 bridgehead atoms. The van der Waals surface area contributed by atoms with E-state index in [4.69, 9.17) is 4.74 Å². The monoisotopic (exact) mass is 460 g/mol. The lowest BCUT2D eigenvalue weighted by atomic mass is 9.48. The van der Waals surface area contributed by atoms with Gasteiger partial charge in [0.1, 0.15) is 6.10 Å². The number of nitrogens with zero attached hydrogens (tertiary/aromatic N) is 2. The Morgan fingerprint density at radius 3 is 2.91 bits per heavy atom. The smallest absolute Gasteiger partial charge is 0.246 e. The predicted molar refractivity (Wildman–Crippen MR) is 130 cm³/mol. The van der Waals surface area contributed by atoms with Crippen molar-refractivity contribution < 1.29 is 19.7 Å². The zero-order chi connectivity index (χ0) is 23.8. The zero-order valence-corrected chi connectivity index (χ0v) is 20.0. The molecule has 2 fully saturated rings. The summed E-state index contributed by atoms with van der Waals surface area (Å²) in [5.41, 5.74) is 2.75. The minimum Gasteiger partial charge on any atom is -0.504 e. The van der Waals surface area contributed by atoms with Crippen molar-refractivity contribution in [3.63, 3.8) is 0 Å². The molecule has 6 heteroatoms. The molecule has 2 aromatic rings. The minimum absolute atomic E-state index is 0.0514. The fraction of sp³-hybridized carbons (Fsp3) is 0.464. The summed E-state index contributed by atoms with van der Waals surface area (Å²) in [5, 5.41) is 23.1. The number of carbonyl (C=O) groups excluding carboxylic acids is 1. The molecule has 2 aromatic carbocycles. The molecule has 2 heterocycles. The third kappa shape index (κ3) is 2.78. The second-order valence-corrected chi connectivity index (χ2v) is 10.7. The molecular weight excluding hydrogens is 428 g/mol. The molecule has 2 aliphatic carbocycles. The van der Waals surface area contributed by atoms with Crippen molar-refractivity contribution >= 4 is 12.0 Å². The highest BCUT2D eigenvalue weighted by molar-refractivity contribution is 5.91. The van der Waals surface area contributed by atoms with E-state index in [1.165, 1.54) is 5.56 Å². The van der Waals surface area contributed by atoms with E-state index in [2.05, 4.69) is 11.9 Å². The fourth-order valence-corrected chi connectivity index (χ4v) is 7.29. The number of phenols is 1. The van der Waals surface area contributed by atoms with Crippen molar-refractivity contribution in [2.45, 2.75) is 61.8 Å². The normalized spacial score (nSPS) is 33.5. The van der Waals surface area contributed by atoms with E-state index in [1.807, 2.05) is 50.4 Å². The first-order valence-electron chi connectivity index (χ1n) is 12.2. The minimum atomic E-state index is -1.03. The summed E-state index contributed by atoms with van der Waals surface area (Å²) in [4.78, 5) is 17.2. The highest BCUT2D eigenvalue weighted by atomic mass is 16.5. The Kier molecular flexibility index (Phi) is 4.68. The van der Waals surface area contributed by atoms with Crippen molar-refractivity contribution in [3.8, 4) is 11.5 Å². The van der Waals surface area contributed by atoms with Crippen molar-refractivity contribution in [1.29, 1.82) is 0 Å². The quantitative estimate of drug-likeness (QED) is 0.689. The van der Waals surface area contributed by atoms with Crippen LogP contribution in [0.4, 0.5) is 0 Å². The standard InChI is InChI=1S/C28H32N2O4/c1-17-5-4-6-18(13-17)7-10-24(32)30(3)20-15-23-27-11-12-29(2)22(28(27,33)16-20)14-19-8-9-21(31)26(34-23)25(19)27/h4-10,13,20,22-23,31,33H,11-12,14-16H2,1-3H3/t20-,22-,23+,27-,28-/m1/s1. The fourth-order valence-electron chi connectivity index (χ4n) is 7.29. The highest BCUT2D eigenvalue weighted by Crippen LogP contribution is 2.65. The first kappa shape index (κ1) is 21.7. The predicted octanol–water partition coefficient (Wildman–Crippen LogP) is 3.02. The summed E-state index contributed by atoms with van der Waals surface area (Å²) >= 11 is 0. The number of phenolic OH excluding ortho intramolecular Hbond substituents is 1. The van der Waals surface area contributed by atoms with Gasteiger partial charge in [0.15, 0.2) is 11.5 Å². The van der Waals surface area contributed by atoms with Crippen LogP contribution < -0.4 is 4.74 Å². The Balaban J connectivity index is 1.34. The van der Waals surface area contributed by atoms with Crippen molar-refractivity contribution in [1.82, 2.24) is 9.80 Å². The Morgan fingerprint density at radius 2 is 2.12 bits per heavy atom. The summed E-state index contributed by atoms with van der Waals surface area (Å²) in [7, 11) is 3.90. The van der Waals surface area contributed by atoms with Crippen LogP contribution in [-0.4, -0.2) is 70.3 Å². The van der Waals surface area contributed by atoms with Crippen LogP contribution in [0.15, 0.2) is 42.5 Å². The molecule has 178 valence electrons. The molecule has 2 aliphatic heterocycles. The number of hydrogen-bond acceptors (Lipinski definition) is 5. The summed E-state index contributed by atoms with van der Waals surface area (Å²) in [6.07, 6.45) is 5.81. The number of carbonyl (C=O) groups is 1. The summed E-state index contributed by atoms with van der Waals surface area (Å²) in [5.74, 6) is 0.599. The van der Waals surface area contributed by atoms with Crippen molar-refractivity contribution in [2.24, 2.45) is 0 Å². The van der Waals surface area contributed by atoms with E-state index < -0.39 is 11.0 Å². The third-order valence-corrected chi connectivity index (χ3v) is 9.00. The van der Waals surface area contributed by atoms with E-state index in [0.29, 0.717) is 25.0 Å². The molecule has 0 radical (unpaired) electrons. The number of aryl methyl sites for hydroxylation is 1. The lowest BCUT2D eigenvalue weighted by Gasteiger charge is -2.64. The van der Waals surface area contributed by atoms with Gasteiger partial charge in [-0.1, -0.05) is 35.9 Å². The molecule has 1 amide bonds. The van der Waals surface area contributed by atoms with Crippen LogP contribution in [0.1, 0.15) is 41.5 Å². The first-order chi connectivity index (χ1) is 16.2. The molecule has 34 heavy (non-hydrogen) atoms. The average molecular weight is 461 g/mol. The highest BCUT2D eigenvalue weighted by Gasteiger charge is 2.72. The number of ether oxygens (including phenoxy) is 1. The maximum atomic E-state index is 13.2. The molecule has 1 saturated carbocycles. The molecule has 2 N–H and O–H groups in total. The lowest BCUT2D eigenvalue weighted by Crippen LogP contribution is -2.77. The van der Waals surface area contributed by atoms with E-state index >= 15 is 0 Å². The molecular formula is C28H32N2O4. The second kappa shape index (κ2) is 7.33. The maximum absolute atomic E-state index is 13.2. The number of benzene rings is 2. The largest absolute Gasteiger partial charge is 0.504 e. The SMILES string of the molecule is Cc1cccc(C=CC(=O)N(C)[C@@H]2C[C@@H]3Oc4c(O)ccc5c4[C@@]34CCN(C)[C@H](C5)[C@]4(O)C2)c1. The van der Waals surface area contributed by atoms with Gasteiger partial charge in [-0.15, -0.1) is 0 Å². The molecule has 1 spiro atoms. The van der Waals surface area contributed by atoms with Crippen molar-refractivity contribution in [2.75, 3.05) is 20.6 Å². The van der Waals surface area contributed by atoms with Crippen LogP contribution >= 0.6 is 0 Å². The van der Waals surface area contributed by atoms with Gasteiger partial charge in [0, 0.05) is 37.2 Å². The number of amides is 1. The van der Waals surface area contributed by atoms with Crippen LogP contribution in [0.2, 0.25) is 0 Å². The lowest BCUT2D eigenvalue weighted by molar-refractivity contribution is -0.194. The molecule has 1 saturated heterocycles. The first-order valence-corrected chi connectivity index (χ1v) is 12.2. The number of likely N-dealkylation sites (tertiary alicyclic amines) is 1. The average Bonchev–Trinajstić information content (AvgIpc) is 3.15. The summed E-state index contributed by atoms with van der Waals surface area (Å²) in [6.45, 7) is 2.91. The third-order valence-electron chi connectivity index (χ3n) is 9.00. The van der Waals surface area contributed by atoms with E-state index in [1.54, 1.807) is 17.0 Å². The van der Waals surface area contributed by atoms with Crippen LogP contribution in [-0.2, 0) is 16.6 Å². The number of aliphatic hydroxyl groups is 1. The molecule has 5 atom stereocenters. The van der Waals surface area contributed by atoms with Gasteiger partial charge in [-0.25, -0.2) is 0 Å². The topological polar surface area (TPSA) is 73.2 Å². The Morgan fingerprint density at radius 1 is 1.29 bits per heavy atom. The van der Waals surface area contributed by atoms with Gasteiger partial charge >= 0.3 is 0 Å². The number of rotatable bonds is 3. The zero-order valence-electron chi connectivity index (χ0n) is 20.0. The van der Waals surface area contributed by atoms with Crippen LogP contribution in [0, 0.1) is 6.92 Å². The molecule has 4 aliphatic rings. The van der Waals surface area contributed by atoms with E-state index in [-0.39, 0.29) is 29.8 Å². The van der Waals surface area contributed by atoms with Gasteiger partial charge in [-0.3, -0.25) is 4.79 Å². The number of aromatic hydroxyl groups is 1. The summed E-state index contributed by atoms with van der Waals surface area (Å²) in [6, 6.07) is 11.5. The van der Waals surface area contributed by atoms with E-state index in [9.17, 15) is 15.0 Å².